The first-order chi connectivity index (χ1) is 7.80. The van der Waals surface area contributed by atoms with Gasteiger partial charge in [-0.15, -0.1) is 0 Å². The molecule has 0 saturated heterocycles. The van der Waals surface area contributed by atoms with Gasteiger partial charge in [0, 0.05) is 13.0 Å². The van der Waals surface area contributed by atoms with Crippen molar-refractivity contribution in [2.75, 3.05) is 7.11 Å². The highest BCUT2D eigenvalue weighted by atomic mass is 16.5. The second-order valence-electron chi connectivity index (χ2n) is 4.09. The highest BCUT2D eigenvalue weighted by Crippen LogP contribution is 2.15. The number of carbonyl (C=O) groups excluding carboxylic acids is 1. The molecule has 0 radical (unpaired) electrons. The third-order valence-electron chi connectivity index (χ3n) is 2.92. The van der Waals surface area contributed by atoms with Crippen LogP contribution in [0, 0.1) is 5.92 Å². The van der Waals surface area contributed by atoms with Gasteiger partial charge in [0.25, 0.3) is 0 Å². The molecule has 1 rings (SSSR count). The first kappa shape index (κ1) is 12.9. The van der Waals surface area contributed by atoms with E-state index in [2.05, 4.69) is 12.1 Å². The quantitative estimate of drug-likeness (QED) is 0.660. The van der Waals surface area contributed by atoms with E-state index in [-0.39, 0.29) is 12.0 Å². The zero-order chi connectivity index (χ0) is 11.8. The number of hydrogen-bond donors (Lipinski definition) is 0. The van der Waals surface area contributed by atoms with Crippen molar-refractivity contribution < 1.29 is 9.53 Å². The van der Waals surface area contributed by atoms with Crippen LogP contribution in [-0.4, -0.2) is 19.5 Å². The van der Waals surface area contributed by atoms with Crippen LogP contribution in [0.3, 0.4) is 0 Å². The van der Waals surface area contributed by atoms with E-state index in [9.17, 15) is 4.79 Å². The summed E-state index contributed by atoms with van der Waals surface area (Å²) in [7, 11) is 1.71. The SMILES string of the molecule is CCC(C=O)CC(Cc1ccccc1)OC. The summed E-state index contributed by atoms with van der Waals surface area (Å²) in [6.45, 7) is 2.04. The van der Waals surface area contributed by atoms with Crippen LogP contribution in [0.5, 0.6) is 0 Å². The molecular weight excluding hydrogens is 200 g/mol. The Morgan fingerprint density at radius 1 is 1.31 bits per heavy atom. The number of hydrogen-bond acceptors (Lipinski definition) is 2. The van der Waals surface area contributed by atoms with Crippen molar-refractivity contribution in [3.63, 3.8) is 0 Å². The van der Waals surface area contributed by atoms with Crippen LogP contribution in [0.4, 0.5) is 0 Å². The fraction of sp³-hybridized carbons (Fsp3) is 0.500. The van der Waals surface area contributed by atoms with Gasteiger partial charge in [-0.25, -0.2) is 0 Å². The van der Waals surface area contributed by atoms with Crippen LogP contribution in [0.25, 0.3) is 0 Å². The molecule has 0 aliphatic carbocycles. The van der Waals surface area contributed by atoms with E-state index in [0.29, 0.717) is 0 Å². The molecule has 2 heteroatoms. The minimum absolute atomic E-state index is 0.119. The average Bonchev–Trinajstić information content (AvgIpc) is 2.35. The van der Waals surface area contributed by atoms with E-state index in [1.165, 1.54) is 5.56 Å². The summed E-state index contributed by atoms with van der Waals surface area (Å²) >= 11 is 0. The maximum atomic E-state index is 10.8. The molecule has 0 fully saturated rings. The summed E-state index contributed by atoms with van der Waals surface area (Å²) < 4.78 is 5.43. The summed E-state index contributed by atoms with van der Waals surface area (Å²) in [6, 6.07) is 10.2. The van der Waals surface area contributed by atoms with Crippen molar-refractivity contribution in [2.24, 2.45) is 5.92 Å². The van der Waals surface area contributed by atoms with Gasteiger partial charge in [-0.2, -0.15) is 0 Å². The fourth-order valence-corrected chi connectivity index (χ4v) is 1.80. The van der Waals surface area contributed by atoms with E-state index in [1.807, 2.05) is 25.1 Å². The first-order valence-electron chi connectivity index (χ1n) is 5.82. The van der Waals surface area contributed by atoms with Crippen LogP contribution < -0.4 is 0 Å². The summed E-state index contributed by atoms with van der Waals surface area (Å²) in [6.07, 6.45) is 3.75. The van der Waals surface area contributed by atoms with E-state index in [0.717, 1.165) is 25.5 Å². The monoisotopic (exact) mass is 220 g/mol. The summed E-state index contributed by atoms with van der Waals surface area (Å²) in [5, 5.41) is 0. The van der Waals surface area contributed by atoms with Gasteiger partial charge in [-0.05, 0) is 24.8 Å². The van der Waals surface area contributed by atoms with E-state index < -0.39 is 0 Å². The van der Waals surface area contributed by atoms with Gasteiger partial charge in [0.15, 0.2) is 0 Å². The number of rotatable bonds is 7. The Balaban J connectivity index is 2.52. The molecule has 0 aromatic heterocycles. The van der Waals surface area contributed by atoms with Crippen LogP contribution in [0.1, 0.15) is 25.3 Å². The molecule has 0 aliphatic rings. The van der Waals surface area contributed by atoms with E-state index >= 15 is 0 Å². The maximum Gasteiger partial charge on any atom is 0.123 e. The topological polar surface area (TPSA) is 26.3 Å². The van der Waals surface area contributed by atoms with Crippen molar-refractivity contribution >= 4 is 6.29 Å². The molecular formula is C14H20O2. The zero-order valence-electron chi connectivity index (χ0n) is 10.1. The van der Waals surface area contributed by atoms with Gasteiger partial charge >= 0.3 is 0 Å². The molecule has 0 N–H and O–H groups in total. The van der Waals surface area contributed by atoms with E-state index in [4.69, 9.17) is 4.74 Å². The number of benzene rings is 1. The highest BCUT2D eigenvalue weighted by molar-refractivity contribution is 5.53. The van der Waals surface area contributed by atoms with Crippen molar-refractivity contribution in [1.82, 2.24) is 0 Å². The highest BCUT2D eigenvalue weighted by Gasteiger charge is 2.14. The Bertz CT molecular complexity index is 295. The molecule has 1 aromatic carbocycles. The molecule has 2 atom stereocenters. The Hall–Kier alpha value is -1.15. The fourth-order valence-electron chi connectivity index (χ4n) is 1.80. The lowest BCUT2D eigenvalue weighted by Crippen LogP contribution is -2.19. The molecule has 0 aliphatic heterocycles. The molecule has 0 saturated carbocycles. The summed E-state index contributed by atoms with van der Waals surface area (Å²) in [5.74, 6) is 0.119. The minimum atomic E-state index is 0.119. The third-order valence-corrected chi connectivity index (χ3v) is 2.92. The second-order valence-corrected chi connectivity index (χ2v) is 4.09. The Morgan fingerprint density at radius 2 is 2.00 bits per heavy atom. The molecule has 0 bridgehead atoms. The molecule has 1 aromatic rings. The lowest BCUT2D eigenvalue weighted by molar-refractivity contribution is -0.112. The van der Waals surface area contributed by atoms with Crippen LogP contribution in [0.15, 0.2) is 30.3 Å². The van der Waals surface area contributed by atoms with Gasteiger partial charge in [-0.3, -0.25) is 0 Å². The number of ether oxygens (including phenoxy) is 1. The Kier molecular flexibility index (Phi) is 5.79. The second kappa shape index (κ2) is 7.18. The first-order valence-corrected chi connectivity index (χ1v) is 5.82. The molecule has 88 valence electrons. The Labute approximate surface area is 97.6 Å². The van der Waals surface area contributed by atoms with Gasteiger partial charge in [0.05, 0.1) is 6.10 Å². The summed E-state index contributed by atoms with van der Waals surface area (Å²) in [4.78, 5) is 10.8. The number of carbonyl (C=O) groups is 1. The zero-order valence-corrected chi connectivity index (χ0v) is 10.1. The smallest absolute Gasteiger partial charge is 0.123 e. The Morgan fingerprint density at radius 3 is 2.50 bits per heavy atom. The van der Waals surface area contributed by atoms with Gasteiger partial charge < -0.3 is 9.53 Å². The molecule has 0 heterocycles. The lowest BCUT2D eigenvalue weighted by atomic mass is 9.96. The summed E-state index contributed by atoms with van der Waals surface area (Å²) in [5.41, 5.74) is 1.26. The minimum Gasteiger partial charge on any atom is -0.381 e. The largest absolute Gasteiger partial charge is 0.381 e. The van der Waals surface area contributed by atoms with Crippen molar-refractivity contribution in [1.29, 1.82) is 0 Å². The standard InChI is InChI=1S/C14H20O2/c1-3-12(11-15)9-14(16-2)10-13-7-5-4-6-8-13/h4-8,11-12,14H,3,9-10H2,1-2H3. The van der Waals surface area contributed by atoms with Gasteiger partial charge in [-0.1, -0.05) is 37.3 Å². The van der Waals surface area contributed by atoms with Crippen molar-refractivity contribution in [2.45, 2.75) is 32.3 Å². The van der Waals surface area contributed by atoms with Crippen LogP contribution in [-0.2, 0) is 16.0 Å². The van der Waals surface area contributed by atoms with Crippen molar-refractivity contribution in [3.05, 3.63) is 35.9 Å². The average molecular weight is 220 g/mol. The molecule has 0 spiro atoms. The predicted octanol–water partition coefficient (Wildman–Crippen LogP) is 2.86. The lowest BCUT2D eigenvalue weighted by Gasteiger charge is -2.18. The van der Waals surface area contributed by atoms with Crippen molar-refractivity contribution in [3.8, 4) is 0 Å². The molecule has 2 nitrogen and oxygen atoms in total. The van der Waals surface area contributed by atoms with Gasteiger partial charge in [0.2, 0.25) is 0 Å². The molecule has 2 unspecified atom stereocenters. The number of aldehydes is 1. The van der Waals surface area contributed by atoms with Crippen LogP contribution in [0.2, 0.25) is 0 Å². The molecule has 0 amide bonds. The molecule has 16 heavy (non-hydrogen) atoms. The van der Waals surface area contributed by atoms with E-state index in [1.54, 1.807) is 7.11 Å². The third kappa shape index (κ3) is 4.15. The maximum absolute atomic E-state index is 10.8. The van der Waals surface area contributed by atoms with Gasteiger partial charge in [0.1, 0.15) is 6.29 Å². The predicted molar refractivity (Wildman–Crippen MR) is 65.4 cm³/mol. The number of methoxy groups -OCH3 is 1. The van der Waals surface area contributed by atoms with Crippen LogP contribution >= 0.6 is 0 Å². The normalized spacial score (nSPS) is 14.4.